The molecule has 0 radical (unpaired) electrons. The third-order valence-electron chi connectivity index (χ3n) is 10.6. The van der Waals surface area contributed by atoms with Crippen LogP contribution in [0.15, 0.2) is 188 Å². The maximum Gasteiger partial charge on any atom is 0.164 e. The van der Waals surface area contributed by atoms with Crippen LogP contribution in [0.2, 0.25) is 0 Å². The Balaban J connectivity index is 1.03. The van der Waals surface area contributed by atoms with Crippen molar-refractivity contribution >= 4 is 21.8 Å². The van der Waals surface area contributed by atoms with E-state index in [1.165, 1.54) is 33.0 Å². The van der Waals surface area contributed by atoms with Gasteiger partial charge in [-0.1, -0.05) is 170 Å². The molecule has 0 amide bonds. The van der Waals surface area contributed by atoms with Crippen LogP contribution in [-0.2, 0) is 0 Å². The fourth-order valence-electron chi connectivity index (χ4n) is 8.02. The molecule has 1 aliphatic rings. The molecule has 0 aliphatic carbocycles. The van der Waals surface area contributed by atoms with Gasteiger partial charge in [0.1, 0.15) is 5.82 Å². The van der Waals surface area contributed by atoms with E-state index in [0.29, 0.717) is 17.5 Å². The van der Waals surface area contributed by atoms with Gasteiger partial charge in [-0.15, -0.1) is 0 Å². The summed E-state index contributed by atoms with van der Waals surface area (Å²) in [5, 5.41) is 2.45. The lowest BCUT2D eigenvalue weighted by molar-refractivity contribution is 1.07. The van der Waals surface area contributed by atoms with Gasteiger partial charge in [-0.05, 0) is 51.2 Å². The van der Waals surface area contributed by atoms with Gasteiger partial charge in [0.15, 0.2) is 17.5 Å². The van der Waals surface area contributed by atoms with Gasteiger partial charge in [-0.25, -0.2) is 19.9 Å². The highest BCUT2D eigenvalue weighted by molar-refractivity contribution is 6.10. The Hall–Kier alpha value is -7.50. The van der Waals surface area contributed by atoms with Crippen LogP contribution in [-0.4, -0.2) is 24.5 Å². The van der Waals surface area contributed by atoms with E-state index in [1.807, 2.05) is 60.7 Å². The molecule has 0 N–H and O–H groups in total. The summed E-state index contributed by atoms with van der Waals surface area (Å²) in [5.74, 6) is 2.84. The first kappa shape index (κ1) is 31.1. The summed E-state index contributed by atoms with van der Waals surface area (Å²) in [6.07, 6.45) is 0. The van der Waals surface area contributed by atoms with Gasteiger partial charge in [-0.3, -0.25) is 4.57 Å². The maximum absolute atomic E-state index is 5.31. The molecule has 0 bridgehead atoms. The zero-order valence-corrected chi connectivity index (χ0v) is 29.6. The normalized spacial score (nSPS) is 11.6. The molecule has 0 unspecified atom stereocenters. The molecular weight excluding hydrogens is 671 g/mol. The second-order valence-electron chi connectivity index (χ2n) is 13.9. The zero-order chi connectivity index (χ0) is 36.3. The summed E-state index contributed by atoms with van der Waals surface area (Å²) in [7, 11) is 0. The van der Waals surface area contributed by atoms with Gasteiger partial charge in [0.25, 0.3) is 0 Å². The summed E-state index contributed by atoms with van der Waals surface area (Å²) >= 11 is 0. The zero-order valence-electron chi connectivity index (χ0n) is 29.6. The molecule has 0 fully saturated rings. The SMILES string of the molecule is c1ccc(-c2nc(-c3ccccc3)nc(-c3cccc(-c4ccc(-c5nc6cccc7c6n5-c5ccc6ccccc6c5-c5ccccc5-7)cc4)c3)n2)cc1. The number of aromatic nitrogens is 5. The van der Waals surface area contributed by atoms with Gasteiger partial charge in [0.05, 0.1) is 16.7 Å². The van der Waals surface area contributed by atoms with E-state index in [1.54, 1.807) is 0 Å². The van der Waals surface area contributed by atoms with Crippen LogP contribution in [0.25, 0.3) is 106 Å². The van der Waals surface area contributed by atoms with E-state index in [2.05, 4.69) is 132 Å². The van der Waals surface area contributed by atoms with E-state index in [0.717, 1.165) is 55.9 Å². The Labute approximate surface area is 317 Å². The van der Waals surface area contributed by atoms with Crippen LogP contribution in [0.1, 0.15) is 0 Å². The summed E-state index contributed by atoms with van der Waals surface area (Å²) in [6, 6.07) is 65.8. The van der Waals surface area contributed by atoms with Crippen LogP contribution in [0, 0.1) is 0 Å². The number of para-hydroxylation sites is 1. The van der Waals surface area contributed by atoms with Crippen LogP contribution < -0.4 is 0 Å². The minimum absolute atomic E-state index is 0.633. The molecule has 0 atom stereocenters. The number of imidazole rings is 1. The molecule has 5 nitrogen and oxygen atoms in total. The van der Waals surface area contributed by atoms with Crippen molar-refractivity contribution in [1.29, 1.82) is 0 Å². The minimum atomic E-state index is 0.633. The number of benzene rings is 8. The molecule has 0 saturated carbocycles. The predicted octanol–water partition coefficient (Wildman–Crippen LogP) is 12.3. The van der Waals surface area contributed by atoms with Crippen molar-refractivity contribution in [3.05, 3.63) is 188 Å². The monoisotopic (exact) mass is 701 g/mol. The lowest BCUT2D eigenvalue weighted by Crippen LogP contribution is -2.00. The highest BCUT2D eigenvalue weighted by Gasteiger charge is 2.26. The van der Waals surface area contributed by atoms with Gasteiger partial charge in [-0.2, -0.15) is 0 Å². The predicted molar refractivity (Wildman–Crippen MR) is 224 cm³/mol. The van der Waals surface area contributed by atoms with Crippen molar-refractivity contribution in [2.45, 2.75) is 0 Å². The second kappa shape index (κ2) is 12.6. The Kier molecular flexibility index (Phi) is 7.10. The molecule has 5 heteroatoms. The maximum atomic E-state index is 5.31. The van der Waals surface area contributed by atoms with Gasteiger partial charge in [0, 0.05) is 33.4 Å². The molecule has 0 saturated heterocycles. The first-order valence-electron chi connectivity index (χ1n) is 18.5. The highest BCUT2D eigenvalue weighted by Crippen LogP contribution is 2.47. The molecule has 11 rings (SSSR count). The molecule has 8 aromatic carbocycles. The van der Waals surface area contributed by atoms with E-state index in [9.17, 15) is 0 Å². The van der Waals surface area contributed by atoms with Crippen molar-refractivity contribution in [3.63, 3.8) is 0 Å². The molecule has 1 aliphatic heterocycles. The van der Waals surface area contributed by atoms with Crippen molar-refractivity contribution in [2.24, 2.45) is 0 Å². The molecular formula is C50H31N5. The average molecular weight is 702 g/mol. The number of nitrogens with zero attached hydrogens (tertiary/aromatic N) is 5. The fraction of sp³-hybridized carbons (Fsp3) is 0. The third kappa shape index (κ3) is 5.17. The average Bonchev–Trinajstić information content (AvgIpc) is 3.60. The molecule has 2 aromatic heterocycles. The molecule has 10 aromatic rings. The number of rotatable bonds is 5. The van der Waals surface area contributed by atoms with E-state index < -0.39 is 0 Å². The topological polar surface area (TPSA) is 56.5 Å². The first-order valence-corrected chi connectivity index (χ1v) is 18.5. The minimum Gasteiger partial charge on any atom is -0.291 e. The fourth-order valence-corrected chi connectivity index (χ4v) is 8.02. The van der Waals surface area contributed by atoms with Gasteiger partial charge < -0.3 is 0 Å². The van der Waals surface area contributed by atoms with Gasteiger partial charge in [0.2, 0.25) is 0 Å². The lowest BCUT2D eigenvalue weighted by Gasteiger charge is -2.16. The number of hydrogen-bond donors (Lipinski definition) is 0. The summed E-state index contributed by atoms with van der Waals surface area (Å²) < 4.78 is 2.37. The Morgan fingerprint density at radius 2 is 0.909 bits per heavy atom. The van der Waals surface area contributed by atoms with Crippen molar-refractivity contribution in [1.82, 2.24) is 24.5 Å². The van der Waals surface area contributed by atoms with Crippen LogP contribution >= 0.6 is 0 Å². The third-order valence-corrected chi connectivity index (χ3v) is 10.6. The van der Waals surface area contributed by atoms with Crippen LogP contribution in [0.5, 0.6) is 0 Å². The first-order chi connectivity index (χ1) is 27.3. The summed E-state index contributed by atoms with van der Waals surface area (Å²) in [4.78, 5) is 20.1. The van der Waals surface area contributed by atoms with Crippen LogP contribution in [0.4, 0.5) is 0 Å². The second-order valence-corrected chi connectivity index (χ2v) is 13.9. The number of fused-ring (bicyclic) bond motifs is 7. The Morgan fingerprint density at radius 3 is 1.65 bits per heavy atom. The summed E-state index contributed by atoms with van der Waals surface area (Å²) in [6.45, 7) is 0. The van der Waals surface area contributed by atoms with Crippen molar-refractivity contribution in [3.8, 4) is 84.6 Å². The quantitative estimate of drug-likeness (QED) is 0.179. The molecule has 3 heterocycles. The molecule has 55 heavy (non-hydrogen) atoms. The van der Waals surface area contributed by atoms with Gasteiger partial charge >= 0.3 is 0 Å². The van der Waals surface area contributed by atoms with E-state index in [4.69, 9.17) is 19.9 Å². The van der Waals surface area contributed by atoms with E-state index >= 15 is 0 Å². The van der Waals surface area contributed by atoms with Crippen molar-refractivity contribution < 1.29 is 0 Å². The molecule has 0 spiro atoms. The number of hydrogen-bond acceptors (Lipinski definition) is 4. The Bertz CT molecular complexity index is 3020. The van der Waals surface area contributed by atoms with Crippen molar-refractivity contribution in [2.75, 3.05) is 0 Å². The largest absolute Gasteiger partial charge is 0.291 e. The Morgan fingerprint density at radius 1 is 0.345 bits per heavy atom. The highest BCUT2D eigenvalue weighted by atomic mass is 15.1. The molecule has 256 valence electrons. The lowest BCUT2D eigenvalue weighted by atomic mass is 9.91. The smallest absolute Gasteiger partial charge is 0.164 e. The van der Waals surface area contributed by atoms with Crippen LogP contribution in [0.3, 0.4) is 0 Å². The standard InChI is InChI=1S/C50H31N5/c1-3-14-34(15-4-1)47-52-48(35-16-5-2-6-17-35)54-49(53-47)38-19-11-18-37(31-38)32-25-27-36(28-26-32)50-51-43-24-12-23-42-40-21-9-10-22-41(40)45-39-20-8-7-13-33(39)29-30-44(45)55(50)46(42)43/h1-31H. The van der Waals surface area contributed by atoms with E-state index in [-0.39, 0.29) is 0 Å². The summed E-state index contributed by atoms with van der Waals surface area (Å²) in [5.41, 5.74) is 14.1.